The molecule has 2 amide bonds. The number of hydrogen-bond acceptors (Lipinski definition) is 5. The van der Waals surface area contributed by atoms with Crippen molar-refractivity contribution in [2.45, 2.75) is 18.8 Å². The van der Waals surface area contributed by atoms with E-state index in [-0.39, 0.29) is 23.0 Å². The molecule has 1 saturated heterocycles. The summed E-state index contributed by atoms with van der Waals surface area (Å²) in [6.45, 7) is 0.0519. The third-order valence-corrected chi connectivity index (χ3v) is 4.79. The Kier molecular flexibility index (Phi) is 4.34. The second-order valence-corrected chi connectivity index (χ2v) is 6.69. The van der Waals surface area contributed by atoms with Crippen molar-refractivity contribution in [1.29, 1.82) is 0 Å². The average molecular weight is 410 g/mol. The maximum atomic E-state index is 12.8. The second kappa shape index (κ2) is 6.59. The molecule has 10 heteroatoms. The van der Waals surface area contributed by atoms with Crippen LogP contribution in [0.15, 0.2) is 47.8 Å². The molecule has 1 aromatic carbocycles. The Labute approximate surface area is 161 Å². The summed E-state index contributed by atoms with van der Waals surface area (Å²) in [5, 5.41) is 3.37. The number of rotatable bonds is 3. The lowest BCUT2D eigenvalue weighted by Crippen LogP contribution is -2.32. The van der Waals surface area contributed by atoms with Crippen LogP contribution in [0.5, 0.6) is 0 Å². The number of likely N-dealkylation sites (tertiary alicyclic amines) is 1. The van der Waals surface area contributed by atoms with Crippen molar-refractivity contribution in [2.75, 3.05) is 0 Å². The van der Waals surface area contributed by atoms with Gasteiger partial charge in [-0.15, -0.1) is 0 Å². The molecule has 2 atom stereocenters. The normalized spacial score (nSPS) is 21.6. The lowest BCUT2D eigenvalue weighted by molar-refractivity contribution is -0.143. The molecule has 0 bridgehead atoms. The predicted octanol–water partition coefficient (Wildman–Crippen LogP) is 3.04. The molecular weight excluding hydrogens is 399 g/mol. The van der Waals surface area contributed by atoms with E-state index in [4.69, 9.17) is 16.4 Å². The van der Waals surface area contributed by atoms with Gasteiger partial charge in [-0.1, -0.05) is 47.1 Å². The molecule has 0 saturated carbocycles. The van der Waals surface area contributed by atoms with Crippen LogP contribution in [0, 0.1) is 5.92 Å². The highest BCUT2D eigenvalue weighted by molar-refractivity contribution is 6.35. The first kappa shape index (κ1) is 18.4. The molecule has 1 aromatic heterocycles. The molecule has 2 aromatic rings. The van der Waals surface area contributed by atoms with Crippen LogP contribution >= 0.6 is 11.6 Å². The van der Waals surface area contributed by atoms with Crippen molar-refractivity contribution in [3.05, 3.63) is 64.4 Å². The van der Waals surface area contributed by atoms with E-state index >= 15 is 0 Å². The number of benzene rings is 1. The average Bonchev–Trinajstić information content (AvgIpc) is 3.18. The minimum absolute atomic E-state index is 0.0519. The van der Waals surface area contributed by atoms with E-state index in [9.17, 15) is 22.8 Å². The molecule has 2 aliphatic heterocycles. The molecule has 0 radical (unpaired) electrons. The fourth-order valence-electron chi connectivity index (χ4n) is 3.13. The molecule has 0 spiro atoms. The monoisotopic (exact) mass is 409 g/mol. The number of alkyl halides is 3. The van der Waals surface area contributed by atoms with Gasteiger partial charge in [0.15, 0.2) is 0 Å². The van der Waals surface area contributed by atoms with Gasteiger partial charge in [0.1, 0.15) is 17.3 Å². The van der Waals surface area contributed by atoms with Crippen LogP contribution < -0.4 is 0 Å². The van der Waals surface area contributed by atoms with Crippen LogP contribution in [0.1, 0.15) is 16.8 Å². The highest BCUT2D eigenvalue weighted by Crippen LogP contribution is 2.36. The highest BCUT2D eigenvalue weighted by atomic mass is 35.5. The van der Waals surface area contributed by atoms with E-state index in [0.29, 0.717) is 12.3 Å². The number of nitrogens with zero attached hydrogens (tertiary/aromatic N) is 3. The Morgan fingerprint density at radius 3 is 2.50 bits per heavy atom. The smallest absolute Gasteiger partial charge is 0.381 e. The van der Waals surface area contributed by atoms with Crippen molar-refractivity contribution in [3.8, 4) is 0 Å². The van der Waals surface area contributed by atoms with E-state index in [1.165, 1.54) is 0 Å². The number of pyridine rings is 1. The van der Waals surface area contributed by atoms with Gasteiger partial charge in [0.25, 0.3) is 5.91 Å². The first-order chi connectivity index (χ1) is 13.3. The van der Waals surface area contributed by atoms with Crippen molar-refractivity contribution in [2.24, 2.45) is 11.1 Å². The summed E-state index contributed by atoms with van der Waals surface area (Å²) in [6.07, 6.45) is -5.19. The summed E-state index contributed by atoms with van der Waals surface area (Å²) < 4.78 is 38.4. The maximum Gasteiger partial charge on any atom is 0.417 e. The number of aromatic nitrogens is 1. The molecular formula is C18H11ClF3N3O3. The van der Waals surface area contributed by atoms with E-state index in [1.807, 2.05) is 0 Å². The third-order valence-electron chi connectivity index (χ3n) is 4.50. The quantitative estimate of drug-likeness (QED) is 0.730. The molecule has 4 rings (SSSR count). The largest absolute Gasteiger partial charge is 0.417 e. The minimum Gasteiger partial charge on any atom is -0.381 e. The van der Waals surface area contributed by atoms with E-state index in [1.54, 1.807) is 30.3 Å². The molecule has 144 valence electrons. The summed E-state index contributed by atoms with van der Waals surface area (Å²) in [6, 6.07) is 9.57. The number of carbonyl (C=O) groups excluding carboxylic acids is 2. The van der Waals surface area contributed by atoms with Crippen molar-refractivity contribution >= 4 is 29.1 Å². The van der Waals surface area contributed by atoms with Gasteiger partial charge >= 0.3 is 6.18 Å². The molecule has 0 N–H and O–H groups in total. The Bertz CT molecular complexity index is 995. The van der Waals surface area contributed by atoms with Crippen LogP contribution in [-0.4, -0.2) is 33.5 Å². The van der Waals surface area contributed by atoms with Gasteiger partial charge in [0.05, 0.1) is 17.1 Å². The SMILES string of the molecule is O=C1[C@H]2C(c3ncc(C(F)(F)F)cc3Cl)=NO[C@H]2C(=O)N1Cc1ccccc1. The van der Waals surface area contributed by atoms with Gasteiger partial charge in [0, 0.05) is 6.20 Å². The van der Waals surface area contributed by atoms with E-state index in [2.05, 4.69) is 10.1 Å². The summed E-state index contributed by atoms with van der Waals surface area (Å²) in [7, 11) is 0. The van der Waals surface area contributed by atoms with Gasteiger partial charge < -0.3 is 4.84 Å². The second-order valence-electron chi connectivity index (χ2n) is 6.28. The zero-order chi connectivity index (χ0) is 20.1. The number of fused-ring (bicyclic) bond motifs is 1. The first-order valence-corrected chi connectivity index (χ1v) is 8.51. The molecule has 0 aliphatic carbocycles. The van der Waals surface area contributed by atoms with Crippen molar-refractivity contribution < 1.29 is 27.6 Å². The Hall–Kier alpha value is -2.94. The lowest BCUT2D eigenvalue weighted by atomic mass is 9.96. The number of imide groups is 1. The first-order valence-electron chi connectivity index (χ1n) is 8.13. The van der Waals surface area contributed by atoms with Gasteiger partial charge in [-0.2, -0.15) is 13.2 Å². The van der Waals surface area contributed by atoms with Gasteiger partial charge in [-0.3, -0.25) is 19.5 Å². The Morgan fingerprint density at radius 2 is 1.86 bits per heavy atom. The van der Waals surface area contributed by atoms with Gasteiger partial charge in [-0.25, -0.2) is 0 Å². The molecule has 0 unspecified atom stereocenters. The van der Waals surface area contributed by atoms with Crippen molar-refractivity contribution in [3.63, 3.8) is 0 Å². The molecule has 3 heterocycles. The minimum atomic E-state index is -4.61. The van der Waals surface area contributed by atoms with Crippen LogP contribution in [-0.2, 0) is 27.1 Å². The van der Waals surface area contributed by atoms with E-state index in [0.717, 1.165) is 10.5 Å². The van der Waals surface area contributed by atoms with Crippen LogP contribution in [0.4, 0.5) is 13.2 Å². The fraction of sp³-hybridized carbons (Fsp3) is 0.222. The highest BCUT2D eigenvalue weighted by Gasteiger charge is 2.56. The summed E-state index contributed by atoms with van der Waals surface area (Å²) in [5.74, 6) is -2.23. The summed E-state index contributed by atoms with van der Waals surface area (Å²) in [5.41, 5.74) is -0.465. The number of halogens is 4. The Morgan fingerprint density at radius 1 is 1.14 bits per heavy atom. The number of hydrogen-bond donors (Lipinski definition) is 0. The topological polar surface area (TPSA) is 71.9 Å². The number of oxime groups is 1. The van der Waals surface area contributed by atoms with Gasteiger partial charge in [-0.05, 0) is 11.6 Å². The molecule has 2 aliphatic rings. The van der Waals surface area contributed by atoms with E-state index < -0.39 is 35.6 Å². The zero-order valence-corrected chi connectivity index (χ0v) is 14.7. The maximum absolute atomic E-state index is 12.8. The fourth-order valence-corrected chi connectivity index (χ4v) is 3.40. The van der Waals surface area contributed by atoms with Crippen molar-refractivity contribution in [1.82, 2.24) is 9.88 Å². The van der Waals surface area contributed by atoms with Crippen LogP contribution in [0.2, 0.25) is 5.02 Å². The third kappa shape index (κ3) is 3.01. The Balaban J connectivity index is 1.63. The lowest BCUT2D eigenvalue weighted by Gasteiger charge is -2.15. The summed E-state index contributed by atoms with van der Waals surface area (Å²) in [4.78, 5) is 35.2. The van der Waals surface area contributed by atoms with Crippen LogP contribution in [0.3, 0.4) is 0 Å². The number of carbonyl (C=O) groups is 2. The molecule has 6 nitrogen and oxygen atoms in total. The number of amides is 2. The predicted molar refractivity (Wildman–Crippen MR) is 91.1 cm³/mol. The van der Waals surface area contributed by atoms with Crippen LogP contribution in [0.25, 0.3) is 0 Å². The summed E-state index contributed by atoms with van der Waals surface area (Å²) >= 11 is 5.95. The molecule has 1 fully saturated rings. The molecule has 28 heavy (non-hydrogen) atoms. The van der Waals surface area contributed by atoms with Gasteiger partial charge in [0.2, 0.25) is 12.0 Å². The standard InChI is InChI=1S/C18H11ClF3N3O3/c19-11-6-10(18(20,21)22)7-23-13(11)14-12-15(28-24-14)17(27)25(16(12)26)8-9-4-2-1-3-5-9/h1-7,12,15H,8H2/t12-,15+/m0/s1. The zero-order valence-electron chi connectivity index (χ0n) is 14.0.